The van der Waals surface area contributed by atoms with Gasteiger partial charge in [0.25, 0.3) is 0 Å². The van der Waals surface area contributed by atoms with E-state index in [0.29, 0.717) is 16.6 Å². The van der Waals surface area contributed by atoms with Gasteiger partial charge in [-0.1, -0.05) is 42.1 Å². The van der Waals surface area contributed by atoms with Gasteiger partial charge in [0.15, 0.2) is 11.2 Å². The second-order valence-electron chi connectivity index (χ2n) is 5.57. The zero-order valence-electron chi connectivity index (χ0n) is 14.4. The maximum Gasteiger partial charge on any atom is 0.341 e. The summed E-state index contributed by atoms with van der Waals surface area (Å²) >= 11 is 1.33. The SMILES string of the molecule is CCOC(=O)C1NC(=O)N=C1CSc1nc(C)cc(-c2ccccc2)n1. The first-order chi connectivity index (χ1) is 12.6. The zero-order chi connectivity index (χ0) is 18.5. The van der Waals surface area contributed by atoms with Gasteiger partial charge >= 0.3 is 12.0 Å². The van der Waals surface area contributed by atoms with Crippen LogP contribution in [-0.2, 0) is 9.53 Å². The van der Waals surface area contributed by atoms with Gasteiger partial charge in [0.2, 0.25) is 0 Å². The van der Waals surface area contributed by atoms with E-state index < -0.39 is 18.0 Å². The molecule has 7 nitrogen and oxygen atoms in total. The molecule has 1 N–H and O–H groups in total. The molecule has 1 unspecified atom stereocenters. The number of nitrogens with one attached hydrogen (secondary N) is 1. The van der Waals surface area contributed by atoms with Crippen LogP contribution < -0.4 is 5.32 Å². The summed E-state index contributed by atoms with van der Waals surface area (Å²) in [6.45, 7) is 3.86. The fraction of sp³-hybridized carbons (Fsp3) is 0.278. The molecule has 0 spiro atoms. The van der Waals surface area contributed by atoms with E-state index in [9.17, 15) is 9.59 Å². The Hall–Kier alpha value is -2.74. The van der Waals surface area contributed by atoms with Gasteiger partial charge in [-0.15, -0.1) is 0 Å². The highest BCUT2D eigenvalue weighted by atomic mass is 32.2. The van der Waals surface area contributed by atoms with Crippen molar-refractivity contribution in [2.45, 2.75) is 25.0 Å². The van der Waals surface area contributed by atoms with Crippen LogP contribution in [-0.4, -0.2) is 46.1 Å². The number of carbonyl (C=O) groups is 2. The van der Waals surface area contributed by atoms with Crippen molar-refractivity contribution in [1.82, 2.24) is 15.3 Å². The number of aliphatic imine (C=N–C) groups is 1. The number of aromatic nitrogens is 2. The molecule has 2 amide bonds. The third kappa shape index (κ3) is 4.26. The molecule has 0 aliphatic carbocycles. The van der Waals surface area contributed by atoms with Gasteiger partial charge in [-0.2, -0.15) is 4.99 Å². The molecule has 26 heavy (non-hydrogen) atoms. The highest BCUT2D eigenvalue weighted by molar-refractivity contribution is 7.99. The molecule has 0 saturated carbocycles. The maximum atomic E-state index is 11.9. The van der Waals surface area contributed by atoms with E-state index in [4.69, 9.17) is 4.74 Å². The molecule has 0 bridgehead atoms. The number of hydrogen-bond donors (Lipinski definition) is 1. The maximum absolute atomic E-state index is 11.9. The summed E-state index contributed by atoms with van der Waals surface area (Å²) in [4.78, 5) is 36.3. The lowest BCUT2D eigenvalue weighted by atomic mass is 10.1. The average molecular weight is 370 g/mol. The van der Waals surface area contributed by atoms with E-state index in [-0.39, 0.29) is 6.61 Å². The summed E-state index contributed by atoms with van der Waals surface area (Å²) in [5.41, 5.74) is 3.08. The molecule has 1 aromatic carbocycles. The lowest BCUT2D eigenvalue weighted by Crippen LogP contribution is -2.41. The average Bonchev–Trinajstić information content (AvgIpc) is 3.01. The Morgan fingerprint density at radius 2 is 2.04 bits per heavy atom. The van der Waals surface area contributed by atoms with Gasteiger partial charge < -0.3 is 10.1 Å². The van der Waals surface area contributed by atoms with Crippen LogP contribution >= 0.6 is 11.8 Å². The van der Waals surface area contributed by atoms with Crippen LogP contribution in [0.2, 0.25) is 0 Å². The van der Waals surface area contributed by atoms with E-state index >= 15 is 0 Å². The predicted octanol–water partition coefficient (Wildman–Crippen LogP) is 2.64. The number of amides is 2. The fourth-order valence-electron chi connectivity index (χ4n) is 2.47. The Labute approximate surface area is 155 Å². The number of nitrogens with zero attached hydrogens (tertiary/aromatic N) is 3. The minimum atomic E-state index is -0.839. The van der Waals surface area contributed by atoms with Crippen LogP contribution in [0.15, 0.2) is 46.5 Å². The first-order valence-electron chi connectivity index (χ1n) is 8.15. The number of thioether (sulfide) groups is 1. The summed E-state index contributed by atoms with van der Waals surface area (Å²) < 4.78 is 4.98. The molecule has 1 aliphatic rings. The monoisotopic (exact) mass is 370 g/mol. The summed E-state index contributed by atoms with van der Waals surface area (Å²) in [6.07, 6.45) is 0. The summed E-state index contributed by atoms with van der Waals surface area (Å²) in [5.74, 6) is -0.187. The van der Waals surface area contributed by atoms with Gasteiger partial charge in [-0.3, -0.25) is 0 Å². The number of urea groups is 1. The smallest absolute Gasteiger partial charge is 0.341 e. The van der Waals surface area contributed by atoms with Gasteiger partial charge in [-0.05, 0) is 19.9 Å². The van der Waals surface area contributed by atoms with Gasteiger partial charge in [0.1, 0.15) is 0 Å². The number of aryl methyl sites for hydroxylation is 1. The standard InChI is InChI=1S/C18H18N4O3S/c1-3-25-16(23)15-14(20-17(24)22-15)10-26-18-19-11(2)9-13(21-18)12-7-5-4-6-8-12/h4-9,15H,3,10H2,1-2H3,(H,22,24). The number of carbonyl (C=O) groups excluding carboxylic acids is 2. The normalized spacial score (nSPS) is 16.2. The van der Waals surface area contributed by atoms with Crippen molar-refractivity contribution in [3.63, 3.8) is 0 Å². The molecule has 1 atom stereocenters. The van der Waals surface area contributed by atoms with Crippen molar-refractivity contribution >= 4 is 29.5 Å². The zero-order valence-corrected chi connectivity index (χ0v) is 15.2. The van der Waals surface area contributed by atoms with E-state index in [1.807, 2.05) is 43.3 Å². The third-order valence-electron chi connectivity index (χ3n) is 3.62. The highest BCUT2D eigenvalue weighted by Crippen LogP contribution is 2.22. The van der Waals surface area contributed by atoms with Crippen molar-refractivity contribution in [1.29, 1.82) is 0 Å². The molecular formula is C18H18N4O3S. The number of rotatable bonds is 6. The Balaban J connectivity index is 1.75. The lowest BCUT2D eigenvalue weighted by Gasteiger charge is -2.11. The Morgan fingerprint density at radius 3 is 2.77 bits per heavy atom. The van der Waals surface area contributed by atoms with E-state index in [0.717, 1.165) is 17.0 Å². The lowest BCUT2D eigenvalue weighted by molar-refractivity contribution is -0.143. The van der Waals surface area contributed by atoms with Crippen LogP contribution in [0.4, 0.5) is 4.79 Å². The highest BCUT2D eigenvalue weighted by Gasteiger charge is 2.33. The largest absolute Gasteiger partial charge is 0.464 e. The first-order valence-corrected chi connectivity index (χ1v) is 9.14. The topological polar surface area (TPSA) is 93.5 Å². The molecule has 1 aromatic heterocycles. The van der Waals surface area contributed by atoms with Crippen molar-refractivity contribution in [3.8, 4) is 11.3 Å². The molecule has 0 radical (unpaired) electrons. The number of ether oxygens (including phenoxy) is 1. The Kier molecular flexibility index (Phi) is 5.62. The van der Waals surface area contributed by atoms with E-state index in [1.165, 1.54) is 11.8 Å². The number of esters is 1. The van der Waals surface area contributed by atoms with E-state index in [2.05, 4.69) is 20.3 Å². The summed E-state index contributed by atoms with van der Waals surface area (Å²) in [6, 6.07) is 10.4. The molecule has 3 rings (SSSR count). The molecule has 134 valence electrons. The van der Waals surface area contributed by atoms with Crippen molar-refractivity contribution in [2.75, 3.05) is 12.4 Å². The second-order valence-corrected chi connectivity index (χ2v) is 6.51. The van der Waals surface area contributed by atoms with Crippen LogP contribution in [0.3, 0.4) is 0 Å². The van der Waals surface area contributed by atoms with Gasteiger partial charge in [-0.25, -0.2) is 19.6 Å². The Morgan fingerprint density at radius 1 is 1.27 bits per heavy atom. The van der Waals surface area contributed by atoms with Crippen molar-refractivity contribution in [2.24, 2.45) is 4.99 Å². The number of hydrogen-bond acceptors (Lipinski definition) is 6. The first kappa shape index (κ1) is 18.1. The van der Waals surface area contributed by atoms with Crippen LogP contribution in [0.5, 0.6) is 0 Å². The minimum Gasteiger partial charge on any atom is -0.464 e. The summed E-state index contributed by atoms with van der Waals surface area (Å²) in [7, 11) is 0. The molecule has 1 aliphatic heterocycles. The Bertz CT molecular complexity index is 855. The molecule has 8 heteroatoms. The van der Waals surface area contributed by atoms with Gasteiger partial charge in [0.05, 0.1) is 18.0 Å². The molecule has 0 saturated heterocycles. The van der Waals surface area contributed by atoms with Crippen LogP contribution in [0, 0.1) is 6.92 Å². The fourth-order valence-corrected chi connectivity index (χ4v) is 3.35. The summed E-state index contributed by atoms with van der Waals surface area (Å²) in [5, 5.41) is 3.07. The van der Waals surface area contributed by atoms with Crippen molar-refractivity contribution < 1.29 is 14.3 Å². The molecule has 2 heterocycles. The van der Waals surface area contributed by atoms with E-state index in [1.54, 1.807) is 6.92 Å². The molecule has 0 fully saturated rings. The van der Waals surface area contributed by atoms with Crippen LogP contribution in [0.1, 0.15) is 12.6 Å². The van der Waals surface area contributed by atoms with Gasteiger partial charge in [0, 0.05) is 17.0 Å². The minimum absolute atomic E-state index is 0.243. The number of benzene rings is 1. The molecular weight excluding hydrogens is 352 g/mol. The van der Waals surface area contributed by atoms with Crippen molar-refractivity contribution in [3.05, 3.63) is 42.1 Å². The quantitative estimate of drug-likeness (QED) is 0.477. The predicted molar refractivity (Wildman–Crippen MR) is 99.3 cm³/mol. The van der Waals surface area contributed by atoms with Crippen LogP contribution in [0.25, 0.3) is 11.3 Å². The molecule has 2 aromatic rings. The third-order valence-corrected chi connectivity index (χ3v) is 4.50. The second kappa shape index (κ2) is 8.09.